The lowest BCUT2D eigenvalue weighted by Crippen LogP contribution is -2.44. The molecule has 2 saturated carbocycles. The molecule has 38 heavy (non-hydrogen) atoms. The van der Waals surface area contributed by atoms with Crippen molar-refractivity contribution in [3.63, 3.8) is 0 Å². The summed E-state index contributed by atoms with van der Waals surface area (Å²) in [6.07, 6.45) is 11.0. The number of carboxylic acids is 1. The van der Waals surface area contributed by atoms with Crippen molar-refractivity contribution in [3.8, 4) is 0 Å². The van der Waals surface area contributed by atoms with Crippen LogP contribution in [0.3, 0.4) is 0 Å². The summed E-state index contributed by atoms with van der Waals surface area (Å²) in [5.74, 6) is 0.345. The Kier molecular flexibility index (Phi) is 9.62. The van der Waals surface area contributed by atoms with E-state index in [9.17, 15) is 14.4 Å². The van der Waals surface area contributed by atoms with Crippen LogP contribution in [0.5, 0.6) is 0 Å². The number of hydrogen-bond donors (Lipinski definition) is 4. The van der Waals surface area contributed by atoms with Gasteiger partial charge in [-0.2, -0.15) is 0 Å². The van der Waals surface area contributed by atoms with Crippen molar-refractivity contribution in [2.75, 3.05) is 17.6 Å². The molecule has 0 bridgehead atoms. The van der Waals surface area contributed by atoms with E-state index in [1.165, 1.54) is 32.1 Å². The molecule has 0 aliphatic heterocycles. The molecule has 2 aliphatic rings. The maximum Gasteiger partial charge on any atom is 0.322 e. The molecular weight excluding hydrogens is 480 g/mol. The first-order chi connectivity index (χ1) is 18.4. The highest BCUT2D eigenvalue weighted by Gasteiger charge is 2.33. The zero-order chi connectivity index (χ0) is 26.9. The highest BCUT2D eigenvalue weighted by atomic mass is 16.4. The van der Waals surface area contributed by atoms with E-state index in [0.29, 0.717) is 23.5 Å². The topological polar surface area (TPSA) is 125 Å². The number of nitrogens with two attached hydrogens (primary N) is 1. The Morgan fingerprint density at radius 3 is 2.24 bits per heavy atom. The standard InChI is InChI=1S/C30H40N4O4/c31-25-7-4-8-26(19-25)33-30(38)34(27-15-13-23(14-16-27)22-5-2-1-3-6-22)20-21-9-11-24(12-10-21)29(37)32-18-17-28(35)36/h4,7-12,19,22-23,27H,1-3,5-6,13-18,20,31H2,(H,32,37)(H,33,38)(H,35,36). The number of benzene rings is 2. The first kappa shape index (κ1) is 27.5. The number of amides is 3. The van der Waals surface area contributed by atoms with Gasteiger partial charge in [-0.15, -0.1) is 0 Å². The summed E-state index contributed by atoms with van der Waals surface area (Å²) in [5.41, 5.74) is 8.58. The van der Waals surface area contributed by atoms with E-state index in [4.69, 9.17) is 10.8 Å². The Hall–Kier alpha value is -3.55. The molecule has 0 saturated heterocycles. The summed E-state index contributed by atoms with van der Waals surface area (Å²) in [6, 6.07) is 14.4. The maximum absolute atomic E-state index is 13.5. The molecule has 8 heteroatoms. The third kappa shape index (κ3) is 7.73. The van der Waals surface area contributed by atoms with Gasteiger partial charge in [-0.3, -0.25) is 9.59 Å². The second kappa shape index (κ2) is 13.3. The van der Waals surface area contributed by atoms with Gasteiger partial charge in [-0.05, 0) is 73.4 Å². The van der Waals surface area contributed by atoms with Crippen molar-refractivity contribution in [3.05, 3.63) is 59.7 Å². The van der Waals surface area contributed by atoms with Gasteiger partial charge in [-0.25, -0.2) is 4.79 Å². The van der Waals surface area contributed by atoms with Crippen molar-refractivity contribution < 1.29 is 19.5 Å². The van der Waals surface area contributed by atoms with Gasteiger partial charge in [0.1, 0.15) is 0 Å². The lowest BCUT2D eigenvalue weighted by molar-refractivity contribution is -0.136. The van der Waals surface area contributed by atoms with E-state index in [-0.39, 0.29) is 30.9 Å². The normalized spacial score (nSPS) is 19.9. The first-order valence-electron chi connectivity index (χ1n) is 13.9. The van der Waals surface area contributed by atoms with Crippen molar-refractivity contribution in [2.24, 2.45) is 11.8 Å². The molecule has 204 valence electrons. The van der Waals surface area contributed by atoms with Crippen LogP contribution in [-0.4, -0.2) is 40.5 Å². The van der Waals surface area contributed by atoms with Gasteiger partial charge < -0.3 is 26.4 Å². The second-order valence-corrected chi connectivity index (χ2v) is 10.7. The predicted molar refractivity (Wildman–Crippen MR) is 149 cm³/mol. The summed E-state index contributed by atoms with van der Waals surface area (Å²) in [7, 11) is 0. The van der Waals surface area contributed by atoms with Crippen LogP contribution >= 0.6 is 0 Å². The largest absolute Gasteiger partial charge is 0.481 e. The molecule has 0 radical (unpaired) electrons. The van der Waals surface area contributed by atoms with Gasteiger partial charge in [0.2, 0.25) is 0 Å². The van der Waals surface area contributed by atoms with Gasteiger partial charge >= 0.3 is 12.0 Å². The van der Waals surface area contributed by atoms with Crippen LogP contribution in [-0.2, 0) is 11.3 Å². The molecule has 2 aliphatic carbocycles. The SMILES string of the molecule is Nc1cccc(NC(=O)N(Cc2ccc(C(=O)NCCC(=O)O)cc2)C2CCC(C3CCCCC3)CC2)c1. The second-order valence-electron chi connectivity index (χ2n) is 10.7. The summed E-state index contributed by atoms with van der Waals surface area (Å²) in [5, 5.41) is 14.4. The smallest absolute Gasteiger partial charge is 0.322 e. The molecule has 8 nitrogen and oxygen atoms in total. The minimum Gasteiger partial charge on any atom is -0.481 e. The number of nitrogens with one attached hydrogen (secondary N) is 2. The van der Waals surface area contributed by atoms with Crippen molar-refractivity contribution in [2.45, 2.75) is 76.8 Å². The number of rotatable bonds is 9. The maximum atomic E-state index is 13.5. The molecular formula is C30H40N4O4. The number of anilines is 2. The highest BCUT2D eigenvalue weighted by Crippen LogP contribution is 2.39. The number of nitrogen functional groups attached to an aromatic ring is 1. The number of hydrogen-bond acceptors (Lipinski definition) is 4. The lowest BCUT2D eigenvalue weighted by Gasteiger charge is -2.40. The summed E-state index contributed by atoms with van der Waals surface area (Å²) >= 11 is 0. The van der Waals surface area contributed by atoms with Crippen LogP contribution in [0.15, 0.2) is 48.5 Å². The number of carbonyl (C=O) groups excluding carboxylic acids is 2. The van der Waals surface area contributed by atoms with Crippen molar-refractivity contribution in [1.82, 2.24) is 10.2 Å². The minimum atomic E-state index is -0.954. The van der Waals surface area contributed by atoms with E-state index in [2.05, 4.69) is 10.6 Å². The number of carbonyl (C=O) groups is 3. The molecule has 2 aromatic carbocycles. The van der Waals surface area contributed by atoms with Crippen molar-refractivity contribution >= 4 is 29.3 Å². The Bertz CT molecular complexity index is 1090. The molecule has 2 fully saturated rings. The molecule has 4 rings (SSSR count). The number of carboxylic acid groups (broad SMARTS) is 1. The van der Waals surface area contributed by atoms with Gasteiger partial charge in [-0.1, -0.05) is 50.3 Å². The predicted octanol–water partition coefficient (Wildman–Crippen LogP) is 5.65. The quantitative estimate of drug-likeness (QED) is 0.318. The van der Waals surface area contributed by atoms with Gasteiger partial charge in [0.15, 0.2) is 0 Å². The average Bonchev–Trinajstić information content (AvgIpc) is 2.92. The number of urea groups is 1. The first-order valence-corrected chi connectivity index (χ1v) is 13.9. The molecule has 5 N–H and O–H groups in total. The monoisotopic (exact) mass is 520 g/mol. The molecule has 0 atom stereocenters. The zero-order valence-electron chi connectivity index (χ0n) is 22.0. The third-order valence-electron chi connectivity index (χ3n) is 8.09. The summed E-state index contributed by atoms with van der Waals surface area (Å²) in [6.45, 7) is 0.519. The Morgan fingerprint density at radius 1 is 0.895 bits per heavy atom. The van der Waals surface area contributed by atoms with Crippen LogP contribution in [0.4, 0.5) is 16.2 Å². The average molecular weight is 521 g/mol. The molecule has 2 aromatic rings. The minimum absolute atomic E-state index is 0.0808. The van der Waals surface area contributed by atoms with Crippen LogP contribution in [0.1, 0.15) is 80.1 Å². The van der Waals surface area contributed by atoms with E-state index < -0.39 is 5.97 Å². The van der Waals surface area contributed by atoms with Crippen LogP contribution in [0.25, 0.3) is 0 Å². The van der Waals surface area contributed by atoms with E-state index in [1.807, 2.05) is 29.2 Å². The van der Waals surface area contributed by atoms with Crippen LogP contribution < -0.4 is 16.4 Å². The molecule has 0 spiro atoms. The zero-order valence-corrected chi connectivity index (χ0v) is 22.0. The Morgan fingerprint density at radius 2 is 1.58 bits per heavy atom. The molecule has 0 aromatic heterocycles. The van der Waals surface area contributed by atoms with Gasteiger partial charge in [0.05, 0.1) is 6.42 Å². The van der Waals surface area contributed by atoms with Gasteiger partial charge in [0, 0.05) is 36.1 Å². The summed E-state index contributed by atoms with van der Waals surface area (Å²) < 4.78 is 0. The van der Waals surface area contributed by atoms with E-state index in [0.717, 1.165) is 43.1 Å². The van der Waals surface area contributed by atoms with E-state index >= 15 is 0 Å². The fourth-order valence-corrected chi connectivity index (χ4v) is 6.01. The molecule has 0 unspecified atom stereocenters. The van der Waals surface area contributed by atoms with Crippen molar-refractivity contribution in [1.29, 1.82) is 0 Å². The fourth-order valence-electron chi connectivity index (χ4n) is 6.01. The lowest BCUT2D eigenvalue weighted by atomic mass is 9.72. The van der Waals surface area contributed by atoms with Crippen LogP contribution in [0, 0.1) is 11.8 Å². The third-order valence-corrected chi connectivity index (χ3v) is 8.09. The fraction of sp³-hybridized carbons (Fsp3) is 0.500. The van der Waals surface area contributed by atoms with E-state index in [1.54, 1.807) is 24.3 Å². The molecule has 3 amide bonds. The Labute approximate surface area is 225 Å². The van der Waals surface area contributed by atoms with Crippen LogP contribution in [0.2, 0.25) is 0 Å². The summed E-state index contributed by atoms with van der Waals surface area (Å²) in [4.78, 5) is 38.5. The van der Waals surface area contributed by atoms with Gasteiger partial charge in [0.25, 0.3) is 5.91 Å². The number of aliphatic carboxylic acids is 1. The highest BCUT2D eigenvalue weighted by molar-refractivity contribution is 5.94. The Balaban J connectivity index is 1.42. The molecule has 0 heterocycles. The number of nitrogens with zero attached hydrogens (tertiary/aromatic N) is 1.